The first-order valence-corrected chi connectivity index (χ1v) is 11.5. The van der Waals surface area contributed by atoms with Gasteiger partial charge in [-0.3, -0.25) is 9.59 Å². The van der Waals surface area contributed by atoms with E-state index in [2.05, 4.69) is 5.32 Å². The van der Waals surface area contributed by atoms with E-state index in [1.165, 1.54) is 0 Å². The molecule has 0 saturated carbocycles. The van der Waals surface area contributed by atoms with E-state index in [0.717, 1.165) is 22.9 Å². The molecule has 1 amide bonds. The van der Waals surface area contributed by atoms with Gasteiger partial charge in [-0.1, -0.05) is 36.8 Å². The molecule has 0 bridgehead atoms. The van der Waals surface area contributed by atoms with Crippen LogP contribution in [0.15, 0.2) is 51.7 Å². The molecule has 1 aromatic heterocycles. The number of carboxylic acids is 1. The van der Waals surface area contributed by atoms with E-state index in [0.29, 0.717) is 48.3 Å². The first-order chi connectivity index (χ1) is 16.3. The summed E-state index contributed by atoms with van der Waals surface area (Å²) in [6.07, 6.45) is 1.92. The second kappa shape index (κ2) is 11.5. The third-order valence-electron chi connectivity index (χ3n) is 5.92. The fraction of sp³-hybridized carbons (Fsp3) is 0.370. The van der Waals surface area contributed by atoms with Crippen molar-refractivity contribution in [3.63, 3.8) is 0 Å². The molecule has 7 nitrogen and oxygen atoms in total. The lowest BCUT2D eigenvalue weighted by Gasteiger charge is -2.17. The monoisotopic (exact) mass is 465 g/mol. The zero-order chi connectivity index (χ0) is 24.7. The first kappa shape index (κ1) is 25.0. The Morgan fingerprint density at radius 1 is 1.03 bits per heavy atom. The van der Waals surface area contributed by atoms with Crippen molar-refractivity contribution in [2.75, 3.05) is 6.54 Å². The molecule has 3 aromatic rings. The van der Waals surface area contributed by atoms with Crippen LogP contribution in [0.25, 0.3) is 11.0 Å². The van der Waals surface area contributed by atoms with E-state index in [-0.39, 0.29) is 18.0 Å². The highest BCUT2D eigenvalue weighted by molar-refractivity contribution is 5.86. The minimum atomic E-state index is -0.810. The van der Waals surface area contributed by atoms with Crippen molar-refractivity contribution < 1.29 is 23.8 Å². The van der Waals surface area contributed by atoms with Crippen molar-refractivity contribution in [1.82, 2.24) is 5.32 Å². The summed E-state index contributed by atoms with van der Waals surface area (Å²) < 4.78 is 11.6. The summed E-state index contributed by atoms with van der Waals surface area (Å²) in [7, 11) is 0. The van der Waals surface area contributed by atoms with Gasteiger partial charge < -0.3 is 19.6 Å². The van der Waals surface area contributed by atoms with E-state index in [9.17, 15) is 14.4 Å². The number of ether oxygens (including phenoxy) is 1. The number of fused-ring (bicyclic) bond motifs is 1. The molecule has 0 aliphatic heterocycles. The van der Waals surface area contributed by atoms with Crippen LogP contribution in [0.1, 0.15) is 54.9 Å². The standard InChI is InChI=1S/C27H31NO6/c1-17-21-13-14-23(33-19(3)26(31)28-15-9-5-8-12-24(29)30)18(2)25(21)34-27(32)22(17)16-20-10-6-4-7-11-20/h4,6-7,10-11,13-14,19H,5,8-9,12,15-16H2,1-3H3,(H,28,31)(H,29,30). The zero-order valence-corrected chi connectivity index (χ0v) is 19.8. The third kappa shape index (κ3) is 6.25. The van der Waals surface area contributed by atoms with Crippen LogP contribution in [0.4, 0.5) is 0 Å². The highest BCUT2D eigenvalue weighted by Crippen LogP contribution is 2.30. The van der Waals surface area contributed by atoms with Gasteiger partial charge in [-0.2, -0.15) is 0 Å². The number of hydrogen-bond donors (Lipinski definition) is 2. The Labute approximate surface area is 198 Å². The Hall–Kier alpha value is -3.61. The van der Waals surface area contributed by atoms with E-state index >= 15 is 0 Å². The Balaban J connectivity index is 1.69. The van der Waals surface area contributed by atoms with Crippen LogP contribution in [-0.4, -0.2) is 29.6 Å². The molecule has 0 spiro atoms. The molecule has 180 valence electrons. The maximum Gasteiger partial charge on any atom is 0.340 e. The van der Waals surface area contributed by atoms with Crippen molar-refractivity contribution >= 4 is 22.8 Å². The molecular weight excluding hydrogens is 434 g/mol. The van der Waals surface area contributed by atoms with E-state index in [4.69, 9.17) is 14.3 Å². The predicted molar refractivity (Wildman–Crippen MR) is 130 cm³/mol. The molecule has 2 N–H and O–H groups in total. The number of aryl methyl sites for hydroxylation is 2. The average molecular weight is 466 g/mol. The molecule has 7 heteroatoms. The summed E-state index contributed by atoms with van der Waals surface area (Å²) in [5, 5.41) is 12.3. The lowest BCUT2D eigenvalue weighted by molar-refractivity contribution is -0.137. The molecule has 34 heavy (non-hydrogen) atoms. The van der Waals surface area contributed by atoms with Crippen molar-refractivity contribution in [1.29, 1.82) is 0 Å². The van der Waals surface area contributed by atoms with Gasteiger partial charge in [-0.15, -0.1) is 0 Å². The van der Waals surface area contributed by atoms with Crippen LogP contribution in [0, 0.1) is 13.8 Å². The SMILES string of the molecule is Cc1c(Cc2ccccc2)c(=O)oc2c(C)c(OC(C)C(=O)NCCCCCC(=O)O)ccc12. The number of amides is 1. The number of nitrogens with one attached hydrogen (secondary N) is 1. The molecule has 0 radical (unpaired) electrons. The van der Waals surface area contributed by atoms with E-state index < -0.39 is 12.1 Å². The molecular formula is C27H31NO6. The minimum absolute atomic E-state index is 0.137. The summed E-state index contributed by atoms with van der Waals surface area (Å²) in [5.74, 6) is -0.584. The lowest BCUT2D eigenvalue weighted by Crippen LogP contribution is -2.36. The molecule has 0 saturated heterocycles. The maximum absolute atomic E-state index is 12.8. The van der Waals surface area contributed by atoms with E-state index in [1.54, 1.807) is 13.0 Å². The molecule has 0 fully saturated rings. The van der Waals surface area contributed by atoms with Gasteiger partial charge in [0.05, 0.1) is 0 Å². The van der Waals surface area contributed by atoms with Crippen LogP contribution in [-0.2, 0) is 16.0 Å². The number of aliphatic carboxylic acids is 1. The smallest absolute Gasteiger partial charge is 0.340 e. The average Bonchev–Trinajstić information content (AvgIpc) is 2.81. The van der Waals surface area contributed by atoms with Gasteiger partial charge in [-0.05, 0) is 56.9 Å². The molecule has 1 heterocycles. The number of carboxylic acid groups (broad SMARTS) is 1. The third-order valence-corrected chi connectivity index (χ3v) is 5.92. The van der Waals surface area contributed by atoms with Crippen molar-refractivity contribution in [3.05, 3.63) is 75.1 Å². The van der Waals surface area contributed by atoms with Crippen LogP contribution in [0.2, 0.25) is 0 Å². The van der Waals surface area contributed by atoms with Crippen molar-refractivity contribution in [2.24, 2.45) is 0 Å². The van der Waals surface area contributed by atoms with Gasteiger partial charge in [0.1, 0.15) is 11.3 Å². The van der Waals surface area contributed by atoms with Gasteiger partial charge in [0.25, 0.3) is 5.91 Å². The highest BCUT2D eigenvalue weighted by Gasteiger charge is 2.19. The number of unbranched alkanes of at least 4 members (excludes halogenated alkanes) is 2. The lowest BCUT2D eigenvalue weighted by atomic mass is 9.98. The summed E-state index contributed by atoms with van der Waals surface area (Å²) in [5.41, 5.74) is 3.29. The van der Waals surface area contributed by atoms with Crippen LogP contribution in [0.3, 0.4) is 0 Å². The Kier molecular flexibility index (Phi) is 8.46. The molecule has 0 aliphatic carbocycles. The number of carbonyl (C=O) groups excluding carboxylic acids is 1. The summed E-state index contributed by atoms with van der Waals surface area (Å²) in [4.78, 5) is 35.7. The second-order valence-electron chi connectivity index (χ2n) is 8.48. The topological polar surface area (TPSA) is 106 Å². The zero-order valence-electron chi connectivity index (χ0n) is 19.8. The van der Waals surface area contributed by atoms with Gasteiger partial charge in [-0.25, -0.2) is 4.79 Å². The molecule has 3 rings (SSSR count). The molecule has 1 atom stereocenters. The molecule has 2 aromatic carbocycles. The number of benzene rings is 2. The largest absolute Gasteiger partial charge is 0.481 e. The van der Waals surface area contributed by atoms with Crippen LogP contribution < -0.4 is 15.7 Å². The van der Waals surface area contributed by atoms with Crippen LogP contribution in [0.5, 0.6) is 5.75 Å². The minimum Gasteiger partial charge on any atom is -0.481 e. The molecule has 1 unspecified atom stereocenters. The quantitative estimate of drug-likeness (QED) is 0.318. The first-order valence-electron chi connectivity index (χ1n) is 11.5. The van der Waals surface area contributed by atoms with Crippen molar-refractivity contribution in [3.8, 4) is 5.75 Å². The summed E-state index contributed by atoms with van der Waals surface area (Å²) in [6, 6.07) is 13.4. The highest BCUT2D eigenvalue weighted by atomic mass is 16.5. The van der Waals surface area contributed by atoms with Crippen molar-refractivity contribution in [2.45, 2.75) is 59.0 Å². The predicted octanol–water partition coefficient (Wildman–Crippen LogP) is 4.53. The number of hydrogen-bond acceptors (Lipinski definition) is 5. The van der Waals surface area contributed by atoms with Crippen LogP contribution >= 0.6 is 0 Å². The second-order valence-corrected chi connectivity index (χ2v) is 8.48. The van der Waals surface area contributed by atoms with Gasteiger partial charge >= 0.3 is 11.6 Å². The Morgan fingerprint density at radius 3 is 2.47 bits per heavy atom. The number of rotatable bonds is 11. The normalized spacial score (nSPS) is 11.9. The number of carbonyl (C=O) groups is 2. The van der Waals surface area contributed by atoms with E-state index in [1.807, 2.05) is 50.2 Å². The van der Waals surface area contributed by atoms with Gasteiger partial charge in [0, 0.05) is 35.9 Å². The molecule has 0 aliphatic rings. The Bertz CT molecular complexity index is 1220. The maximum atomic E-state index is 12.8. The summed E-state index contributed by atoms with van der Waals surface area (Å²) >= 11 is 0. The summed E-state index contributed by atoms with van der Waals surface area (Å²) in [6.45, 7) is 5.85. The van der Waals surface area contributed by atoms with Gasteiger partial charge in [0.15, 0.2) is 6.10 Å². The fourth-order valence-corrected chi connectivity index (χ4v) is 3.88. The fourth-order valence-electron chi connectivity index (χ4n) is 3.88. The van der Waals surface area contributed by atoms with Gasteiger partial charge in [0.2, 0.25) is 0 Å². The Morgan fingerprint density at radius 2 is 1.76 bits per heavy atom.